The molecule has 0 atom stereocenters. The Kier molecular flexibility index (Phi) is 5.00. The van der Waals surface area contributed by atoms with Crippen molar-refractivity contribution < 1.29 is 13.9 Å². The van der Waals surface area contributed by atoms with Gasteiger partial charge in [-0.1, -0.05) is 17.7 Å². The molecule has 0 aliphatic carbocycles. The number of methoxy groups -OCH3 is 1. The van der Waals surface area contributed by atoms with Crippen molar-refractivity contribution in [1.82, 2.24) is 9.78 Å². The number of hydrogen-bond acceptors (Lipinski definition) is 3. The Balaban J connectivity index is 1.67. The molecule has 0 spiro atoms. The van der Waals surface area contributed by atoms with E-state index >= 15 is 0 Å². The van der Waals surface area contributed by atoms with Gasteiger partial charge in [-0.3, -0.25) is 9.48 Å². The molecule has 0 unspecified atom stereocenters. The lowest BCUT2D eigenvalue weighted by molar-refractivity contribution is 0.102. The lowest BCUT2D eigenvalue weighted by Crippen LogP contribution is -2.12. The summed E-state index contributed by atoms with van der Waals surface area (Å²) in [6, 6.07) is 12.7. The highest BCUT2D eigenvalue weighted by Gasteiger charge is 2.09. The quantitative estimate of drug-likeness (QED) is 0.749. The maximum Gasteiger partial charge on any atom is 0.256 e. The predicted molar refractivity (Wildman–Crippen MR) is 93.7 cm³/mol. The Hall–Kier alpha value is -2.86. The zero-order valence-corrected chi connectivity index (χ0v) is 14.1. The van der Waals surface area contributed by atoms with Crippen LogP contribution in [0.2, 0.25) is 5.02 Å². The van der Waals surface area contributed by atoms with Gasteiger partial charge < -0.3 is 10.1 Å². The normalized spacial score (nSPS) is 10.5. The van der Waals surface area contributed by atoms with Crippen LogP contribution in [0, 0.1) is 5.82 Å². The maximum atomic E-state index is 13.1. The van der Waals surface area contributed by atoms with E-state index in [4.69, 9.17) is 16.3 Å². The second-order valence-corrected chi connectivity index (χ2v) is 5.72. The van der Waals surface area contributed by atoms with E-state index in [1.54, 1.807) is 54.4 Å². The number of benzene rings is 2. The Morgan fingerprint density at radius 1 is 1.24 bits per heavy atom. The van der Waals surface area contributed by atoms with Crippen LogP contribution in [0.15, 0.2) is 54.7 Å². The molecule has 3 aromatic rings. The number of nitrogens with zero attached hydrogens (tertiary/aromatic N) is 2. The molecule has 0 saturated carbocycles. The molecule has 128 valence electrons. The number of amides is 1. The summed E-state index contributed by atoms with van der Waals surface area (Å²) in [5.74, 6) is 0.436. The van der Waals surface area contributed by atoms with Crippen molar-refractivity contribution in [3.05, 3.63) is 76.7 Å². The van der Waals surface area contributed by atoms with Gasteiger partial charge in [-0.15, -0.1) is 0 Å². The summed E-state index contributed by atoms with van der Waals surface area (Å²) in [5, 5.41) is 7.33. The number of nitrogens with one attached hydrogen (secondary N) is 1. The number of halogens is 2. The number of aromatic nitrogens is 2. The van der Waals surface area contributed by atoms with E-state index in [9.17, 15) is 9.18 Å². The Bertz CT molecular complexity index is 894. The van der Waals surface area contributed by atoms with Crippen molar-refractivity contribution in [3.8, 4) is 5.75 Å². The van der Waals surface area contributed by atoms with Gasteiger partial charge in [0.1, 0.15) is 11.6 Å². The highest BCUT2D eigenvalue weighted by molar-refractivity contribution is 6.31. The SMILES string of the molecule is COc1ccc(C(=O)Nc2ccn(Cc3ccc(F)cc3Cl)n2)cc1. The van der Waals surface area contributed by atoms with Crippen LogP contribution in [0.5, 0.6) is 5.75 Å². The zero-order valence-electron chi connectivity index (χ0n) is 13.4. The molecular weight excluding hydrogens is 345 g/mol. The fraction of sp³-hybridized carbons (Fsp3) is 0.111. The summed E-state index contributed by atoms with van der Waals surface area (Å²) in [7, 11) is 1.56. The summed E-state index contributed by atoms with van der Waals surface area (Å²) >= 11 is 6.01. The molecule has 7 heteroatoms. The van der Waals surface area contributed by atoms with E-state index in [1.165, 1.54) is 12.1 Å². The van der Waals surface area contributed by atoms with E-state index in [2.05, 4.69) is 10.4 Å². The standard InChI is InChI=1S/C18H15ClFN3O2/c1-25-15-6-3-12(4-7-15)18(24)21-17-8-9-23(22-17)11-13-2-5-14(20)10-16(13)19/h2-10H,11H2,1H3,(H,21,22,24). The second-order valence-electron chi connectivity index (χ2n) is 5.32. The van der Waals surface area contributed by atoms with Gasteiger partial charge in [-0.25, -0.2) is 4.39 Å². The number of anilines is 1. The molecule has 5 nitrogen and oxygen atoms in total. The number of carbonyl (C=O) groups is 1. The van der Waals surface area contributed by atoms with Crippen molar-refractivity contribution in [2.24, 2.45) is 0 Å². The fourth-order valence-corrected chi connectivity index (χ4v) is 2.50. The molecule has 1 aromatic heterocycles. The van der Waals surface area contributed by atoms with Crippen LogP contribution < -0.4 is 10.1 Å². The van der Waals surface area contributed by atoms with Crippen molar-refractivity contribution in [2.45, 2.75) is 6.54 Å². The number of hydrogen-bond donors (Lipinski definition) is 1. The first-order chi connectivity index (χ1) is 12.0. The summed E-state index contributed by atoms with van der Waals surface area (Å²) < 4.78 is 19.8. The molecule has 1 amide bonds. The minimum atomic E-state index is -0.387. The van der Waals surface area contributed by atoms with E-state index in [-0.39, 0.29) is 11.7 Å². The Labute approximate surface area is 149 Å². The number of ether oxygens (including phenoxy) is 1. The fourth-order valence-electron chi connectivity index (χ4n) is 2.27. The first-order valence-corrected chi connectivity index (χ1v) is 7.86. The predicted octanol–water partition coefficient (Wildman–Crippen LogP) is 3.98. The summed E-state index contributed by atoms with van der Waals surface area (Å²) in [5.41, 5.74) is 1.23. The van der Waals surface area contributed by atoms with Gasteiger partial charge in [0.2, 0.25) is 0 Å². The van der Waals surface area contributed by atoms with E-state index in [0.717, 1.165) is 5.56 Å². The van der Waals surface area contributed by atoms with Gasteiger partial charge in [0.15, 0.2) is 5.82 Å². The highest BCUT2D eigenvalue weighted by atomic mass is 35.5. The molecule has 0 radical (unpaired) electrons. The number of carbonyl (C=O) groups excluding carboxylic acids is 1. The zero-order chi connectivity index (χ0) is 17.8. The molecular formula is C18H15ClFN3O2. The molecule has 0 aliphatic rings. The summed E-state index contributed by atoms with van der Waals surface area (Å²) in [6.07, 6.45) is 1.71. The van der Waals surface area contributed by atoms with Gasteiger partial charge in [0.05, 0.1) is 13.7 Å². The second kappa shape index (κ2) is 7.36. The smallest absolute Gasteiger partial charge is 0.256 e. The molecule has 0 fully saturated rings. The minimum Gasteiger partial charge on any atom is -0.497 e. The molecule has 3 rings (SSSR count). The van der Waals surface area contributed by atoms with Gasteiger partial charge in [0, 0.05) is 22.8 Å². The molecule has 1 heterocycles. The average Bonchev–Trinajstić information content (AvgIpc) is 3.04. The van der Waals surface area contributed by atoms with Crippen molar-refractivity contribution in [2.75, 3.05) is 12.4 Å². The maximum absolute atomic E-state index is 13.1. The number of rotatable bonds is 5. The molecule has 0 aliphatic heterocycles. The van der Waals surface area contributed by atoms with Gasteiger partial charge >= 0.3 is 0 Å². The van der Waals surface area contributed by atoms with Crippen LogP contribution in [0.25, 0.3) is 0 Å². The van der Waals surface area contributed by atoms with Crippen molar-refractivity contribution >= 4 is 23.3 Å². The van der Waals surface area contributed by atoms with Gasteiger partial charge in [0.25, 0.3) is 5.91 Å². The first-order valence-electron chi connectivity index (χ1n) is 7.48. The van der Waals surface area contributed by atoms with E-state index in [1.807, 2.05) is 0 Å². The monoisotopic (exact) mass is 359 g/mol. The molecule has 2 aromatic carbocycles. The van der Waals surface area contributed by atoms with Crippen LogP contribution >= 0.6 is 11.6 Å². The molecule has 0 bridgehead atoms. The van der Waals surface area contributed by atoms with Crippen molar-refractivity contribution in [1.29, 1.82) is 0 Å². The third kappa shape index (κ3) is 4.16. The average molecular weight is 360 g/mol. The van der Waals surface area contributed by atoms with Gasteiger partial charge in [-0.05, 0) is 42.0 Å². The van der Waals surface area contributed by atoms with E-state index in [0.29, 0.717) is 28.7 Å². The molecule has 1 N–H and O–H groups in total. The summed E-state index contributed by atoms with van der Waals surface area (Å²) in [4.78, 5) is 12.2. The molecule has 25 heavy (non-hydrogen) atoms. The lowest BCUT2D eigenvalue weighted by Gasteiger charge is -2.05. The third-order valence-corrected chi connectivity index (χ3v) is 3.93. The first kappa shape index (κ1) is 17.0. The highest BCUT2D eigenvalue weighted by Crippen LogP contribution is 2.19. The third-order valence-electron chi connectivity index (χ3n) is 3.58. The van der Waals surface area contributed by atoms with Crippen LogP contribution in [0.4, 0.5) is 10.2 Å². The Morgan fingerprint density at radius 3 is 2.68 bits per heavy atom. The van der Waals surface area contributed by atoms with Gasteiger partial charge in [-0.2, -0.15) is 5.10 Å². The minimum absolute atomic E-state index is 0.271. The summed E-state index contributed by atoms with van der Waals surface area (Å²) in [6.45, 7) is 0.373. The van der Waals surface area contributed by atoms with Crippen LogP contribution in [0.1, 0.15) is 15.9 Å². The van der Waals surface area contributed by atoms with Crippen LogP contribution in [-0.2, 0) is 6.54 Å². The van der Waals surface area contributed by atoms with Crippen LogP contribution in [0.3, 0.4) is 0 Å². The molecule has 0 saturated heterocycles. The van der Waals surface area contributed by atoms with E-state index < -0.39 is 0 Å². The Morgan fingerprint density at radius 2 is 2.00 bits per heavy atom. The van der Waals surface area contributed by atoms with Crippen molar-refractivity contribution in [3.63, 3.8) is 0 Å². The van der Waals surface area contributed by atoms with Crippen LogP contribution in [-0.4, -0.2) is 22.8 Å². The lowest BCUT2D eigenvalue weighted by atomic mass is 10.2. The largest absolute Gasteiger partial charge is 0.497 e. The topological polar surface area (TPSA) is 56.1 Å².